The van der Waals surface area contributed by atoms with Crippen molar-refractivity contribution >= 4 is 11.9 Å². The summed E-state index contributed by atoms with van der Waals surface area (Å²) in [5.74, 6) is -0.622. The summed E-state index contributed by atoms with van der Waals surface area (Å²) >= 11 is 0. The second-order valence-corrected chi connectivity index (χ2v) is 17.2. The zero-order valence-electron chi connectivity index (χ0n) is 42.4. The number of aliphatic hydroxyl groups is 1. The summed E-state index contributed by atoms with van der Waals surface area (Å²) < 4.78 is 10.7. The number of unbranched alkanes of at least 4 members (excludes halogenated alkanes) is 17. The summed E-state index contributed by atoms with van der Waals surface area (Å²) in [4.78, 5) is 24.5. The summed E-state index contributed by atoms with van der Waals surface area (Å²) in [6, 6.07) is 0. The van der Waals surface area contributed by atoms with Gasteiger partial charge in [0.05, 0.1) is 6.61 Å². The normalized spacial score (nSPS) is 13.3. The first-order valence-electron chi connectivity index (χ1n) is 26.7. The van der Waals surface area contributed by atoms with Gasteiger partial charge >= 0.3 is 11.9 Å². The first kappa shape index (κ1) is 62.0. The number of esters is 2. The molecule has 0 aliphatic heterocycles. The highest BCUT2D eigenvalue weighted by Gasteiger charge is 2.16. The Labute approximate surface area is 406 Å². The largest absolute Gasteiger partial charge is 0.462 e. The Morgan fingerprint density at radius 3 is 0.909 bits per heavy atom. The van der Waals surface area contributed by atoms with Crippen LogP contribution in [0.1, 0.15) is 219 Å². The van der Waals surface area contributed by atoms with Crippen LogP contribution in [-0.2, 0) is 19.1 Å². The molecule has 1 atom stereocenters. The van der Waals surface area contributed by atoms with Gasteiger partial charge in [-0.25, -0.2) is 0 Å². The van der Waals surface area contributed by atoms with Crippen LogP contribution in [0, 0.1) is 0 Å². The number of carbonyl (C=O) groups excluding carboxylic acids is 2. The number of carbonyl (C=O) groups is 2. The summed E-state index contributed by atoms with van der Waals surface area (Å²) in [5, 5.41) is 9.64. The lowest BCUT2D eigenvalue weighted by atomic mass is 10.0. The molecular formula is C61H98O5. The third-order valence-corrected chi connectivity index (χ3v) is 10.9. The van der Waals surface area contributed by atoms with Crippen LogP contribution in [0.15, 0.2) is 134 Å². The predicted octanol–water partition coefficient (Wildman–Crippen LogP) is 18.1. The molecule has 1 N–H and O–H groups in total. The van der Waals surface area contributed by atoms with E-state index in [0.717, 1.165) is 128 Å². The average molecular weight is 911 g/mol. The van der Waals surface area contributed by atoms with Crippen molar-refractivity contribution in [2.75, 3.05) is 13.2 Å². The Kier molecular flexibility index (Phi) is 52.0. The highest BCUT2D eigenvalue weighted by molar-refractivity contribution is 5.70. The minimum atomic E-state index is -0.792. The Hall–Kier alpha value is -3.96. The van der Waals surface area contributed by atoms with Crippen LogP contribution < -0.4 is 0 Å². The van der Waals surface area contributed by atoms with Gasteiger partial charge in [-0.05, 0) is 109 Å². The van der Waals surface area contributed by atoms with Crippen LogP contribution in [0.2, 0.25) is 0 Å². The second kappa shape index (κ2) is 55.4. The highest BCUT2D eigenvalue weighted by atomic mass is 16.6. The summed E-state index contributed by atoms with van der Waals surface area (Å²) in [7, 11) is 0. The van der Waals surface area contributed by atoms with E-state index in [1.807, 2.05) is 0 Å². The van der Waals surface area contributed by atoms with Gasteiger partial charge in [0.15, 0.2) is 6.10 Å². The quantitative estimate of drug-likeness (QED) is 0.0374. The molecule has 5 nitrogen and oxygen atoms in total. The van der Waals surface area contributed by atoms with E-state index in [2.05, 4.69) is 148 Å². The van der Waals surface area contributed by atoms with Crippen molar-refractivity contribution in [1.82, 2.24) is 0 Å². The lowest BCUT2D eigenvalue weighted by Gasteiger charge is -2.15. The number of allylic oxidation sites excluding steroid dienone is 22. The van der Waals surface area contributed by atoms with Gasteiger partial charge in [-0.1, -0.05) is 231 Å². The lowest BCUT2D eigenvalue weighted by molar-refractivity contribution is -0.161. The van der Waals surface area contributed by atoms with E-state index in [4.69, 9.17) is 9.47 Å². The molecule has 0 bridgehead atoms. The maximum atomic E-state index is 12.3. The van der Waals surface area contributed by atoms with E-state index >= 15 is 0 Å². The van der Waals surface area contributed by atoms with Crippen LogP contribution in [-0.4, -0.2) is 36.4 Å². The van der Waals surface area contributed by atoms with Crippen molar-refractivity contribution in [3.05, 3.63) is 134 Å². The summed E-state index contributed by atoms with van der Waals surface area (Å²) in [6.07, 6.45) is 82.6. The smallest absolute Gasteiger partial charge is 0.306 e. The van der Waals surface area contributed by atoms with E-state index in [1.165, 1.54) is 64.2 Å². The molecule has 5 heteroatoms. The minimum Gasteiger partial charge on any atom is -0.462 e. The molecule has 0 spiro atoms. The molecule has 66 heavy (non-hydrogen) atoms. The molecule has 0 fully saturated rings. The second-order valence-electron chi connectivity index (χ2n) is 17.2. The van der Waals surface area contributed by atoms with Gasteiger partial charge in [0.1, 0.15) is 6.61 Å². The van der Waals surface area contributed by atoms with E-state index < -0.39 is 6.10 Å². The summed E-state index contributed by atoms with van der Waals surface area (Å²) in [5.41, 5.74) is 0. The van der Waals surface area contributed by atoms with Crippen LogP contribution >= 0.6 is 0 Å². The maximum Gasteiger partial charge on any atom is 0.306 e. The predicted molar refractivity (Wildman–Crippen MR) is 288 cm³/mol. The first-order valence-corrected chi connectivity index (χ1v) is 26.7. The van der Waals surface area contributed by atoms with Crippen LogP contribution in [0.4, 0.5) is 0 Å². The van der Waals surface area contributed by atoms with E-state index in [0.29, 0.717) is 12.8 Å². The zero-order chi connectivity index (χ0) is 47.7. The molecule has 0 radical (unpaired) electrons. The van der Waals surface area contributed by atoms with E-state index in [1.54, 1.807) is 0 Å². The lowest BCUT2D eigenvalue weighted by Crippen LogP contribution is -2.28. The van der Waals surface area contributed by atoms with E-state index in [-0.39, 0.29) is 25.2 Å². The van der Waals surface area contributed by atoms with Crippen molar-refractivity contribution in [1.29, 1.82) is 0 Å². The molecule has 0 amide bonds. The monoisotopic (exact) mass is 911 g/mol. The van der Waals surface area contributed by atoms with Crippen molar-refractivity contribution in [2.24, 2.45) is 0 Å². The molecule has 0 aromatic carbocycles. The van der Waals surface area contributed by atoms with Gasteiger partial charge in [-0.2, -0.15) is 0 Å². The van der Waals surface area contributed by atoms with E-state index in [9.17, 15) is 14.7 Å². The van der Waals surface area contributed by atoms with Gasteiger partial charge in [0.2, 0.25) is 0 Å². The molecule has 372 valence electrons. The molecule has 1 unspecified atom stereocenters. The zero-order valence-corrected chi connectivity index (χ0v) is 42.4. The number of rotatable bonds is 47. The fourth-order valence-electron chi connectivity index (χ4n) is 7.00. The average Bonchev–Trinajstić information content (AvgIpc) is 3.32. The molecule has 0 saturated carbocycles. The molecule has 0 rings (SSSR count). The van der Waals surface area contributed by atoms with Gasteiger partial charge in [-0.15, -0.1) is 0 Å². The topological polar surface area (TPSA) is 72.8 Å². The SMILES string of the molecule is CC/C=C\C/C=C\C/C=C\C/C=C\C/C=C\C/C=C\CCCCCCCCCCCCCCC(=O)OC(CO)COC(=O)CCCCCCC/C=C\C/C=C\C/C=C\C/C=C\C/C=C\CC. The Bertz CT molecular complexity index is 1400. The molecule has 0 aliphatic rings. The minimum absolute atomic E-state index is 0.0847. The fourth-order valence-corrected chi connectivity index (χ4v) is 7.00. The van der Waals surface area contributed by atoms with Crippen molar-refractivity contribution in [3.63, 3.8) is 0 Å². The van der Waals surface area contributed by atoms with Crippen molar-refractivity contribution in [2.45, 2.75) is 225 Å². The maximum absolute atomic E-state index is 12.3. The molecular weight excluding hydrogens is 813 g/mol. The molecule has 0 heterocycles. The standard InChI is InChI=1S/C61H98O5/c1-3-5-7-9-11-13-15-17-19-21-23-25-26-27-28-29-30-31-32-33-34-36-38-40-42-44-46-48-50-52-54-56-61(64)66-59(57-62)58-65-60(63)55-53-51-49-47-45-43-41-39-37-35-24-22-20-18-16-14-12-10-8-6-4-2/h5-8,11-14,17-20,23-25,27-28,30-31,35,39,41,59,62H,3-4,9-10,15-16,21-22,26,29,32-34,36-38,40,42-58H2,1-2H3/b7-5-,8-6-,13-11-,14-12-,19-17-,20-18-,25-23-,28-27-,31-30-,35-24-,41-39-. The number of hydrogen-bond donors (Lipinski definition) is 1. The molecule has 0 aromatic heterocycles. The van der Waals surface area contributed by atoms with Crippen molar-refractivity contribution in [3.8, 4) is 0 Å². The first-order chi connectivity index (χ1) is 32.6. The molecule has 0 aromatic rings. The molecule has 0 saturated heterocycles. The summed E-state index contributed by atoms with van der Waals surface area (Å²) in [6.45, 7) is 3.89. The van der Waals surface area contributed by atoms with Crippen molar-refractivity contribution < 1.29 is 24.2 Å². The number of hydrogen-bond acceptors (Lipinski definition) is 5. The number of ether oxygens (including phenoxy) is 2. The Morgan fingerprint density at radius 2 is 0.606 bits per heavy atom. The van der Waals surface area contributed by atoms with Gasteiger partial charge in [0, 0.05) is 12.8 Å². The number of aliphatic hydroxyl groups excluding tert-OH is 1. The van der Waals surface area contributed by atoms with Gasteiger partial charge in [-0.3, -0.25) is 9.59 Å². The Balaban J connectivity index is 3.58. The van der Waals surface area contributed by atoms with Gasteiger partial charge < -0.3 is 14.6 Å². The highest BCUT2D eigenvalue weighted by Crippen LogP contribution is 2.14. The third-order valence-electron chi connectivity index (χ3n) is 10.9. The van der Waals surface area contributed by atoms with Crippen LogP contribution in [0.25, 0.3) is 0 Å². The Morgan fingerprint density at radius 1 is 0.348 bits per heavy atom. The third kappa shape index (κ3) is 52.7. The van der Waals surface area contributed by atoms with Crippen LogP contribution in [0.5, 0.6) is 0 Å². The molecule has 0 aliphatic carbocycles. The fraction of sp³-hybridized carbons (Fsp3) is 0.607. The van der Waals surface area contributed by atoms with Gasteiger partial charge in [0.25, 0.3) is 0 Å². The van der Waals surface area contributed by atoms with Crippen LogP contribution in [0.3, 0.4) is 0 Å².